The van der Waals surface area contributed by atoms with Crippen LogP contribution in [0.1, 0.15) is 21.7 Å². The molecule has 0 unspecified atom stereocenters. The normalized spacial score (nSPS) is 14.8. The summed E-state index contributed by atoms with van der Waals surface area (Å²) in [5.74, 6) is 0.237. The standard InChI is InChI=1S/C19H25N3O5S/c1-13-17(19(23)22-8-10-27-11-9-22)18(14(2)21(13)3)28(24,25)20-15-6-5-7-16(12-15)26-4/h5-7,12,20H,8-11H2,1-4H3. The SMILES string of the molecule is COc1cccc(NS(=O)(=O)c2c(C(=O)N3CCOCC3)c(C)n(C)c2C)c1. The van der Waals surface area contributed by atoms with Crippen LogP contribution in [0.3, 0.4) is 0 Å². The Morgan fingerprint density at radius 2 is 1.86 bits per heavy atom. The largest absolute Gasteiger partial charge is 0.497 e. The van der Waals surface area contributed by atoms with Crippen LogP contribution in [0.5, 0.6) is 5.75 Å². The zero-order valence-electron chi connectivity index (χ0n) is 16.5. The van der Waals surface area contributed by atoms with Gasteiger partial charge in [0.1, 0.15) is 10.6 Å². The van der Waals surface area contributed by atoms with Crippen molar-refractivity contribution in [1.82, 2.24) is 9.47 Å². The van der Waals surface area contributed by atoms with E-state index in [0.717, 1.165) is 0 Å². The Morgan fingerprint density at radius 3 is 2.50 bits per heavy atom. The Morgan fingerprint density at radius 1 is 1.18 bits per heavy atom. The van der Waals surface area contributed by atoms with Crippen LogP contribution in [0.15, 0.2) is 29.2 Å². The highest BCUT2D eigenvalue weighted by Crippen LogP contribution is 2.30. The zero-order valence-corrected chi connectivity index (χ0v) is 17.3. The molecule has 1 aromatic heterocycles. The predicted molar refractivity (Wildman–Crippen MR) is 105 cm³/mol. The lowest BCUT2D eigenvalue weighted by molar-refractivity contribution is 0.0300. The third-order valence-corrected chi connectivity index (χ3v) is 6.57. The second-order valence-corrected chi connectivity index (χ2v) is 8.30. The van der Waals surface area contributed by atoms with E-state index in [2.05, 4.69) is 4.72 Å². The molecular formula is C19H25N3O5S. The number of ether oxygens (including phenoxy) is 2. The number of aromatic nitrogens is 1. The van der Waals surface area contributed by atoms with E-state index in [1.807, 2.05) is 0 Å². The van der Waals surface area contributed by atoms with Crippen molar-refractivity contribution in [1.29, 1.82) is 0 Å². The van der Waals surface area contributed by atoms with Crippen molar-refractivity contribution in [3.05, 3.63) is 41.2 Å². The fourth-order valence-electron chi connectivity index (χ4n) is 3.31. The molecule has 0 aliphatic carbocycles. The van der Waals surface area contributed by atoms with Gasteiger partial charge >= 0.3 is 0 Å². The highest BCUT2D eigenvalue weighted by molar-refractivity contribution is 7.92. The van der Waals surface area contributed by atoms with Crippen LogP contribution in [0.25, 0.3) is 0 Å². The van der Waals surface area contributed by atoms with E-state index in [9.17, 15) is 13.2 Å². The van der Waals surface area contributed by atoms with Gasteiger partial charge in [0.05, 0.1) is 31.6 Å². The van der Waals surface area contributed by atoms with E-state index >= 15 is 0 Å². The van der Waals surface area contributed by atoms with Gasteiger partial charge in [-0.15, -0.1) is 0 Å². The lowest BCUT2D eigenvalue weighted by atomic mass is 10.2. The molecular weight excluding hydrogens is 382 g/mol. The van der Waals surface area contributed by atoms with Crippen LogP contribution < -0.4 is 9.46 Å². The number of anilines is 1. The third-order valence-electron chi connectivity index (χ3n) is 5.03. The van der Waals surface area contributed by atoms with Crippen LogP contribution in [-0.4, -0.2) is 57.2 Å². The average Bonchev–Trinajstić information content (AvgIpc) is 2.92. The number of hydrogen-bond donors (Lipinski definition) is 1. The van der Waals surface area contributed by atoms with Gasteiger partial charge in [0, 0.05) is 37.6 Å². The molecule has 1 amide bonds. The number of morpholine rings is 1. The highest BCUT2D eigenvalue weighted by atomic mass is 32.2. The number of carbonyl (C=O) groups is 1. The number of amides is 1. The van der Waals surface area contributed by atoms with Gasteiger partial charge in [-0.3, -0.25) is 9.52 Å². The van der Waals surface area contributed by atoms with Crippen molar-refractivity contribution in [2.75, 3.05) is 38.1 Å². The second kappa shape index (κ2) is 7.84. The number of sulfonamides is 1. The summed E-state index contributed by atoms with van der Waals surface area (Å²) >= 11 is 0. The van der Waals surface area contributed by atoms with Crippen LogP contribution in [0, 0.1) is 13.8 Å². The van der Waals surface area contributed by atoms with Crippen LogP contribution >= 0.6 is 0 Å². The number of nitrogens with zero attached hydrogens (tertiary/aromatic N) is 2. The molecule has 1 aromatic carbocycles. The van der Waals surface area contributed by atoms with E-state index in [1.54, 1.807) is 54.6 Å². The summed E-state index contributed by atoms with van der Waals surface area (Å²) in [5, 5.41) is 0. The Bertz CT molecular complexity index is 991. The summed E-state index contributed by atoms with van der Waals surface area (Å²) in [6.07, 6.45) is 0. The lowest BCUT2D eigenvalue weighted by Crippen LogP contribution is -2.41. The number of nitrogens with one attached hydrogen (secondary N) is 1. The van der Waals surface area contributed by atoms with Gasteiger partial charge in [0.2, 0.25) is 0 Å². The van der Waals surface area contributed by atoms with E-state index in [0.29, 0.717) is 49.1 Å². The first-order valence-corrected chi connectivity index (χ1v) is 10.4. The fourth-order valence-corrected chi connectivity index (χ4v) is 4.88. The summed E-state index contributed by atoms with van der Waals surface area (Å²) in [6.45, 7) is 5.22. The number of hydrogen-bond acceptors (Lipinski definition) is 5. The van der Waals surface area contributed by atoms with Gasteiger partial charge in [-0.05, 0) is 26.0 Å². The van der Waals surface area contributed by atoms with Gasteiger partial charge in [0.15, 0.2) is 0 Å². The maximum Gasteiger partial charge on any atom is 0.264 e. The Kier molecular flexibility index (Phi) is 5.66. The number of rotatable bonds is 5. The minimum Gasteiger partial charge on any atom is -0.497 e. The molecule has 28 heavy (non-hydrogen) atoms. The van der Waals surface area contributed by atoms with Crippen LogP contribution in [-0.2, 0) is 21.8 Å². The van der Waals surface area contributed by atoms with Crippen LogP contribution in [0.4, 0.5) is 5.69 Å². The molecule has 2 heterocycles. The minimum absolute atomic E-state index is 0.00631. The summed E-state index contributed by atoms with van der Waals surface area (Å²) < 4.78 is 41.2. The van der Waals surface area contributed by atoms with Crippen LogP contribution in [0.2, 0.25) is 0 Å². The molecule has 9 heteroatoms. The smallest absolute Gasteiger partial charge is 0.264 e. The van der Waals surface area contributed by atoms with Gasteiger partial charge in [-0.25, -0.2) is 8.42 Å². The third kappa shape index (κ3) is 3.72. The Labute approximate surface area is 165 Å². The van der Waals surface area contributed by atoms with Crippen molar-refractivity contribution >= 4 is 21.6 Å². The monoisotopic (exact) mass is 407 g/mol. The zero-order chi connectivity index (χ0) is 20.5. The Balaban J connectivity index is 2.04. The van der Waals surface area contributed by atoms with Gasteiger partial charge in [-0.1, -0.05) is 6.07 Å². The fraction of sp³-hybridized carbons (Fsp3) is 0.421. The quantitative estimate of drug-likeness (QED) is 0.818. The average molecular weight is 407 g/mol. The molecule has 0 bridgehead atoms. The van der Waals surface area contributed by atoms with Crippen molar-refractivity contribution in [3.63, 3.8) is 0 Å². The summed E-state index contributed by atoms with van der Waals surface area (Å²) in [7, 11) is -0.724. The van der Waals surface area contributed by atoms with E-state index in [4.69, 9.17) is 9.47 Å². The van der Waals surface area contributed by atoms with Crippen molar-refractivity contribution in [2.45, 2.75) is 18.7 Å². The summed E-state index contributed by atoms with van der Waals surface area (Å²) in [5.41, 5.74) is 1.69. The summed E-state index contributed by atoms with van der Waals surface area (Å²) in [4.78, 5) is 14.8. The maximum absolute atomic E-state index is 13.2. The molecule has 1 N–H and O–H groups in total. The molecule has 1 saturated heterocycles. The highest BCUT2D eigenvalue weighted by Gasteiger charge is 2.33. The van der Waals surface area contributed by atoms with Crippen molar-refractivity contribution < 1.29 is 22.7 Å². The minimum atomic E-state index is -3.99. The van der Waals surface area contributed by atoms with Crippen molar-refractivity contribution in [3.8, 4) is 5.75 Å². The van der Waals surface area contributed by atoms with E-state index in [1.165, 1.54) is 7.11 Å². The molecule has 2 aromatic rings. The summed E-state index contributed by atoms with van der Waals surface area (Å²) in [6, 6.07) is 6.64. The molecule has 152 valence electrons. The number of methoxy groups -OCH3 is 1. The molecule has 0 spiro atoms. The number of benzene rings is 1. The number of carbonyl (C=O) groups excluding carboxylic acids is 1. The first-order chi connectivity index (χ1) is 13.3. The Hall–Kier alpha value is -2.52. The molecule has 1 fully saturated rings. The van der Waals surface area contributed by atoms with Crippen molar-refractivity contribution in [2.24, 2.45) is 7.05 Å². The molecule has 0 saturated carbocycles. The molecule has 1 aliphatic heterocycles. The first kappa shape index (κ1) is 20.2. The molecule has 8 nitrogen and oxygen atoms in total. The maximum atomic E-state index is 13.2. The topological polar surface area (TPSA) is 89.9 Å². The molecule has 3 rings (SSSR count). The first-order valence-electron chi connectivity index (χ1n) is 8.96. The molecule has 1 aliphatic rings. The van der Waals surface area contributed by atoms with E-state index in [-0.39, 0.29) is 16.4 Å². The molecule has 0 atom stereocenters. The van der Waals surface area contributed by atoms with Gasteiger partial charge in [-0.2, -0.15) is 0 Å². The predicted octanol–water partition coefficient (Wildman–Crippen LogP) is 1.92. The second-order valence-electron chi connectivity index (χ2n) is 6.68. The molecule has 0 radical (unpaired) electrons. The van der Waals surface area contributed by atoms with Gasteiger partial charge in [0.25, 0.3) is 15.9 Å². The lowest BCUT2D eigenvalue weighted by Gasteiger charge is -2.27. The van der Waals surface area contributed by atoms with E-state index < -0.39 is 10.0 Å². The van der Waals surface area contributed by atoms with Gasteiger partial charge < -0.3 is 18.9 Å².